The van der Waals surface area contributed by atoms with Crippen molar-refractivity contribution in [3.63, 3.8) is 0 Å². The third-order valence-corrected chi connectivity index (χ3v) is 4.48. The number of benzene rings is 1. The molecule has 0 heterocycles. The molecule has 0 fully saturated rings. The van der Waals surface area contributed by atoms with Gasteiger partial charge in [0.1, 0.15) is 12.4 Å². The molecule has 0 bridgehead atoms. The molecule has 0 aliphatic rings. The van der Waals surface area contributed by atoms with Crippen LogP contribution in [0.15, 0.2) is 37.1 Å². The van der Waals surface area contributed by atoms with Crippen molar-refractivity contribution in [2.75, 3.05) is 13.2 Å². The lowest BCUT2D eigenvalue weighted by atomic mass is 9.78. The molecule has 156 valence electrons. The van der Waals surface area contributed by atoms with Gasteiger partial charge >= 0.3 is 6.03 Å². The minimum absolute atomic E-state index is 0.105. The highest BCUT2D eigenvalue weighted by Gasteiger charge is 2.28. The Morgan fingerprint density at radius 2 is 1.64 bits per heavy atom. The minimum atomic E-state index is -0.128. The molecule has 0 aliphatic heterocycles. The van der Waals surface area contributed by atoms with Crippen molar-refractivity contribution in [2.45, 2.75) is 72.8 Å². The Balaban J connectivity index is 3.58. The Morgan fingerprint density at radius 1 is 1.14 bits per heavy atom. The van der Waals surface area contributed by atoms with Crippen LogP contribution >= 0.6 is 0 Å². The quantitative estimate of drug-likeness (QED) is 0.592. The minimum Gasteiger partial charge on any atom is -0.489 e. The average Bonchev–Trinajstić information content (AvgIpc) is 2.55. The molecule has 4 nitrogen and oxygen atoms in total. The summed E-state index contributed by atoms with van der Waals surface area (Å²) in [7, 11) is 0. The van der Waals surface area contributed by atoms with E-state index in [2.05, 4.69) is 72.1 Å². The molecular formula is C24H38N2O2. The highest BCUT2D eigenvalue weighted by molar-refractivity contribution is 5.76. The molecule has 0 unspecified atom stereocenters. The number of nitrogens with zero attached hydrogens (tertiary/aromatic N) is 1. The number of nitrogens with one attached hydrogen (secondary N) is 1. The van der Waals surface area contributed by atoms with E-state index in [9.17, 15) is 4.79 Å². The predicted octanol–water partition coefficient (Wildman–Crippen LogP) is 5.91. The largest absolute Gasteiger partial charge is 0.489 e. The molecule has 2 amide bonds. The summed E-state index contributed by atoms with van der Waals surface area (Å²) in [5, 5.41) is 2.87. The number of ether oxygens (including phenoxy) is 1. The van der Waals surface area contributed by atoms with Crippen molar-refractivity contribution in [1.82, 2.24) is 10.2 Å². The zero-order chi connectivity index (χ0) is 21.7. The second kappa shape index (κ2) is 9.31. The second-order valence-electron chi connectivity index (χ2n) is 9.28. The van der Waals surface area contributed by atoms with E-state index in [-0.39, 0.29) is 16.9 Å². The lowest BCUT2D eigenvalue weighted by Crippen LogP contribution is -2.38. The van der Waals surface area contributed by atoms with E-state index in [0.717, 1.165) is 22.4 Å². The lowest BCUT2D eigenvalue weighted by Gasteiger charge is -2.31. The smallest absolute Gasteiger partial charge is 0.321 e. The van der Waals surface area contributed by atoms with E-state index in [0.29, 0.717) is 25.4 Å². The molecule has 28 heavy (non-hydrogen) atoms. The van der Waals surface area contributed by atoms with Crippen LogP contribution in [-0.2, 0) is 17.4 Å². The average molecular weight is 387 g/mol. The number of urea groups is 1. The standard InChI is InChI=1S/C24H38N2O2/c1-11-13-28-21-19(23(5,6)7)14-18(15-20(21)24(8,9)10)16-26(17(3)4)22(27)25-12-2/h11,14-15H,1,3,12-13,16H2,2,4-10H3,(H,25,27). The fourth-order valence-corrected chi connectivity index (χ4v) is 3.00. The second-order valence-corrected chi connectivity index (χ2v) is 9.28. The van der Waals surface area contributed by atoms with Gasteiger partial charge in [0.05, 0.1) is 6.54 Å². The molecule has 0 saturated heterocycles. The number of amides is 2. The van der Waals surface area contributed by atoms with Crippen molar-refractivity contribution in [1.29, 1.82) is 0 Å². The van der Waals surface area contributed by atoms with Gasteiger partial charge in [0.15, 0.2) is 0 Å². The van der Waals surface area contributed by atoms with Crippen LogP contribution in [0.2, 0.25) is 0 Å². The summed E-state index contributed by atoms with van der Waals surface area (Å²) in [4.78, 5) is 14.2. The van der Waals surface area contributed by atoms with Crippen LogP contribution in [0.1, 0.15) is 72.1 Å². The summed E-state index contributed by atoms with van der Waals surface area (Å²) in [5.41, 5.74) is 3.84. The Kier molecular flexibility index (Phi) is 7.92. The van der Waals surface area contributed by atoms with E-state index in [1.54, 1.807) is 11.0 Å². The topological polar surface area (TPSA) is 41.6 Å². The number of rotatable bonds is 7. The molecule has 0 aliphatic carbocycles. The van der Waals surface area contributed by atoms with Gasteiger partial charge in [0.2, 0.25) is 0 Å². The molecule has 1 aromatic rings. The van der Waals surface area contributed by atoms with E-state index >= 15 is 0 Å². The number of allylic oxidation sites excluding steroid dienone is 1. The van der Waals surface area contributed by atoms with Crippen molar-refractivity contribution >= 4 is 6.03 Å². The first kappa shape index (κ1) is 23.8. The number of carbonyl (C=O) groups excluding carboxylic acids is 1. The third-order valence-electron chi connectivity index (χ3n) is 4.48. The zero-order valence-corrected chi connectivity index (χ0v) is 19.0. The summed E-state index contributed by atoms with van der Waals surface area (Å²) in [5.74, 6) is 0.920. The highest BCUT2D eigenvalue weighted by atomic mass is 16.5. The van der Waals surface area contributed by atoms with Crippen LogP contribution < -0.4 is 10.1 Å². The summed E-state index contributed by atoms with van der Waals surface area (Å²) in [6, 6.07) is 4.18. The number of hydrogen-bond acceptors (Lipinski definition) is 2. The maximum atomic E-state index is 12.5. The molecule has 0 atom stereocenters. The number of carbonyl (C=O) groups is 1. The number of hydrogen-bond donors (Lipinski definition) is 1. The Labute approximate surface area is 171 Å². The fourth-order valence-electron chi connectivity index (χ4n) is 3.00. The van der Waals surface area contributed by atoms with Gasteiger partial charge in [-0.05, 0) is 42.4 Å². The summed E-state index contributed by atoms with van der Waals surface area (Å²) in [6.45, 7) is 26.1. The van der Waals surface area contributed by atoms with Crippen molar-refractivity contribution in [3.05, 3.63) is 53.8 Å². The normalized spacial score (nSPS) is 11.7. The first-order chi connectivity index (χ1) is 12.8. The van der Waals surface area contributed by atoms with E-state index < -0.39 is 0 Å². The first-order valence-electron chi connectivity index (χ1n) is 9.95. The van der Waals surface area contributed by atoms with Gasteiger partial charge in [0, 0.05) is 23.4 Å². The first-order valence-corrected chi connectivity index (χ1v) is 9.95. The van der Waals surface area contributed by atoms with E-state index in [1.807, 2.05) is 13.8 Å². The lowest BCUT2D eigenvalue weighted by molar-refractivity contribution is 0.210. The highest BCUT2D eigenvalue weighted by Crippen LogP contribution is 2.41. The third kappa shape index (κ3) is 6.15. The van der Waals surface area contributed by atoms with E-state index in [4.69, 9.17) is 4.74 Å². The summed E-state index contributed by atoms with van der Waals surface area (Å²) < 4.78 is 6.14. The van der Waals surface area contributed by atoms with Crippen molar-refractivity contribution < 1.29 is 9.53 Å². The van der Waals surface area contributed by atoms with Crippen LogP contribution in [0.5, 0.6) is 5.75 Å². The Bertz CT molecular complexity index is 686. The maximum absolute atomic E-state index is 12.5. The summed E-state index contributed by atoms with van der Waals surface area (Å²) >= 11 is 0. The molecule has 1 rings (SSSR count). The monoisotopic (exact) mass is 386 g/mol. The van der Waals surface area contributed by atoms with Gasteiger partial charge in [-0.25, -0.2) is 4.79 Å². The fraction of sp³-hybridized carbons (Fsp3) is 0.542. The van der Waals surface area contributed by atoms with Crippen LogP contribution in [0.3, 0.4) is 0 Å². The van der Waals surface area contributed by atoms with Crippen LogP contribution in [0.25, 0.3) is 0 Å². The molecule has 0 spiro atoms. The molecule has 0 radical (unpaired) electrons. The van der Waals surface area contributed by atoms with E-state index in [1.165, 1.54) is 0 Å². The zero-order valence-electron chi connectivity index (χ0n) is 19.0. The molecule has 4 heteroatoms. The van der Waals surface area contributed by atoms with Gasteiger partial charge in [-0.2, -0.15) is 0 Å². The van der Waals surface area contributed by atoms with Gasteiger partial charge in [-0.3, -0.25) is 4.90 Å². The molecule has 1 aromatic carbocycles. The Hall–Kier alpha value is -2.23. The SMILES string of the molecule is C=CCOc1c(C(C)(C)C)cc(CN(C(=C)C)C(=O)NCC)cc1C(C)(C)C. The van der Waals surface area contributed by atoms with Crippen LogP contribution in [0, 0.1) is 0 Å². The Morgan fingerprint density at radius 3 is 2.00 bits per heavy atom. The predicted molar refractivity (Wildman–Crippen MR) is 119 cm³/mol. The van der Waals surface area contributed by atoms with Gasteiger partial charge in [-0.1, -0.05) is 60.8 Å². The molecule has 1 N–H and O–H groups in total. The molecule has 0 aromatic heterocycles. The summed E-state index contributed by atoms with van der Waals surface area (Å²) in [6.07, 6.45) is 1.77. The van der Waals surface area contributed by atoms with Crippen LogP contribution in [-0.4, -0.2) is 24.1 Å². The van der Waals surface area contributed by atoms with Gasteiger partial charge in [-0.15, -0.1) is 0 Å². The molecular weight excluding hydrogens is 348 g/mol. The van der Waals surface area contributed by atoms with Crippen LogP contribution in [0.4, 0.5) is 4.79 Å². The van der Waals surface area contributed by atoms with Crippen molar-refractivity contribution in [3.8, 4) is 5.75 Å². The van der Waals surface area contributed by atoms with Gasteiger partial charge < -0.3 is 10.1 Å². The van der Waals surface area contributed by atoms with Crippen molar-refractivity contribution in [2.24, 2.45) is 0 Å². The van der Waals surface area contributed by atoms with Gasteiger partial charge in [0.25, 0.3) is 0 Å². The maximum Gasteiger partial charge on any atom is 0.321 e. The molecule has 0 saturated carbocycles.